The molecule has 0 aliphatic carbocycles. The van der Waals surface area contributed by atoms with Crippen molar-refractivity contribution in [3.05, 3.63) is 35.2 Å². The van der Waals surface area contributed by atoms with E-state index in [9.17, 15) is 5.11 Å². The molecule has 1 aromatic heterocycles. The van der Waals surface area contributed by atoms with E-state index in [1.54, 1.807) is 0 Å². The number of benzene rings is 1. The van der Waals surface area contributed by atoms with Gasteiger partial charge in [-0.25, -0.2) is 0 Å². The van der Waals surface area contributed by atoms with Crippen molar-refractivity contribution >= 4 is 21.4 Å². The summed E-state index contributed by atoms with van der Waals surface area (Å²) in [7, 11) is 0. The van der Waals surface area contributed by atoms with Crippen LogP contribution in [0.25, 0.3) is 10.1 Å². The van der Waals surface area contributed by atoms with Gasteiger partial charge in [0.25, 0.3) is 0 Å². The van der Waals surface area contributed by atoms with E-state index in [1.807, 2.05) is 18.3 Å². The smallest absolute Gasteiger partial charge is 0.0512 e. The number of aliphatic hydroxyl groups is 1. The predicted octanol–water partition coefficient (Wildman–Crippen LogP) is 3.60. The molecule has 1 unspecified atom stereocenters. The molecule has 0 saturated heterocycles. The van der Waals surface area contributed by atoms with Gasteiger partial charge < -0.3 is 5.11 Å². The topological polar surface area (TPSA) is 20.2 Å². The lowest BCUT2D eigenvalue weighted by Gasteiger charge is -2.02. The Morgan fingerprint density at radius 1 is 1.33 bits per heavy atom. The molecule has 1 aromatic carbocycles. The van der Waals surface area contributed by atoms with Crippen molar-refractivity contribution < 1.29 is 5.11 Å². The molecular weight excluding hydrogens is 204 g/mol. The molecule has 0 spiro atoms. The number of rotatable bonds is 4. The van der Waals surface area contributed by atoms with E-state index in [0.717, 1.165) is 19.3 Å². The molecule has 2 rings (SSSR count). The summed E-state index contributed by atoms with van der Waals surface area (Å²) in [5.41, 5.74) is 1.43. The maximum atomic E-state index is 9.20. The van der Waals surface area contributed by atoms with E-state index in [-0.39, 0.29) is 6.10 Å². The SMILES string of the molecule is CC(O)CCCc1csc2ccccc12. The number of hydrogen-bond acceptors (Lipinski definition) is 2. The molecule has 0 aliphatic rings. The zero-order chi connectivity index (χ0) is 10.7. The van der Waals surface area contributed by atoms with E-state index in [0.29, 0.717) is 0 Å². The Balaban J connectivity index is 2.08. The number of fused-ring (bicyclic) bond motifs is 1. The minimum atomic E-state index is -0.171. The molecule has 0 aliphatic heterocycles. The Morgan fingerprint density at radius 3 is 2.93 bits per heavy atom. The second kappa shape index (κ2) is 4.77. The van der Waals surface area contributed by atoms with Crippen molar-refractivity contribution in [2.75, 3.05) is 0 Å². The molecule has 15 heavy (non-hydrogen) atoms. The van der Waals surface area contributed by atoms with Crippen LogP contribution in [0.5, 0.6) is 0 Å². The Bertz CT molecular complexity index is 431. The van der Waals surface area contributed by atoms with E-state index in [1.165, 1.54) is 15.6 Å². The average molecular weight is 220 g/mol. The molecule has 1 atom stereocenters. The van der Waals surface area contributed by atoms with Crippen molar-refractivity contribution in [1.29, 1.82) is 0 Å². The Hall–Kier alpha value is -0.860. The van der Waals surface area contributed by atoms with Crippen LogP contribution in [-0.4, -0.2) is 11.2 Å². The van der Waals surface area contributed by atoms with Gasteiger partial charge in [0.05, 0.1) is 6.10 Å². The number of hydrogen-bond donors (Lipinski definition) is 1. The highest BCUT2D eigenvalue weighted by Crippen LogP contribution is 2.26. The summed E-state index contributed by atoms with van der Waals surface area (Å²) in [6.45, 7) is 1.85. The second-order valence-electron chi connectivity index (χ2n) is 4.00. The summed E-state index contributed by atoms with van der Waals surface area (Å²) in [5.74, 6) is 0. The van der Waals surface area contributed by atoms with Crippen LogP contribution in [0.3, 0.4) is 0 Å². The maximum Gasteiger partial charge on any atom is 0.0512 e. The first-order valence-corrected chi connectivity index (χ1v) is 6.28. The van der Waals surface area contributed by atoms with Crippen LogP contribution >= 0.6 is 11.3 Å². The van der Waals surface area contributed by atoms with E-state index in [4.69, 9.17) is 0 Å². The fraction of sp³-hybridized carbons (Fsp3) is 0.385. The highest BCUT2D eigenvalue weighted by Gasteiger charge is 2.03. The van der Waals surface area contributed by atoms with Gasteiger partial charge in [-0.15, -0.1) is 11.3 Å². The molecule has 2 aromatic rings. The van der Waals surface area contributed by atoms with Crippen molar-refractivity contribution in [2.24, 2.45) is 0 Å². The first kappa shape index (κ1) is 10.7. The quantitative estimate of drug-likeness (QED) is 0.834. The van der Waals surface area contributed by atoms with Gasteiger partial charge in [0.15, 0.2) is 0 Å². The third-order valence-corrected chi connectivity index (χ3v) is 3.64. The molecule has 1 heterocycles. The normalized spacial score (nSPS) is 13.2. The van der Waals surface area contributed by atoms with Crippen molar-refractivity contribution in [3.63, 3.8) is 0 Å². The minimum Gasteiger partial charge on any atom is -0.393 e. The summed E-state index contributed by atoms with van der Waals surface area (Å²) in [4.78, 5) is 0. The fourth-order valence-electron chi connectivity index (χ4n) is 1.81. The fourth-order valence-corrected chi connectivity index (χ4v) is 2.81. The first-order valence-electron chi connectivity index (χ1n) is 5.40. The molecule has 2 heteroatoms. The van der Waals surface area contributed by atoms with Crippen LogP contribution < -0.4 is 0 Å². The molecular formula is C13H16OS. The van der Waals surface area contributed by atoms with Gasteiger partial charge in [0.1, 0.15) is 0 Å². The van der Waals surface area contributed by atoms with Gasteiger partial charge in [0, 0.05) is 4.70 Å². The van der Waals surface area contributed by atoms with E-state index < -0.39 is 0 Å². The van der Waals surface area contributed by atoms with Gasteiger partial charge in [-0.2, -0.15) is 0 Å². The van der Waals surface area contributed by atoms with Crippen LogP contribution in [-0.2, 0) is 6.42 Å². The molecule has 0 fully saturated rings. The van der Waals surface area contributed by atoms with Gasteiger partial charge in [-0.05, 0) is 48.6 Å². The molecule has 0 radical (unpaired) electrons. The number of aliphatic hydroxyl groups excluding tert-OH is 1. The molecule has 1 N–H and O–H groups in total. The third kappa shape index (κ3) is 2.58. The van der Waals surface area contributed by atoms with Gasteiger partial charge in [-0.3, -0.25) is 0 Å². The highest BCUT2D eigenvalue weighted by molar-refractivity contribution is 7.17. The lowest BCUT2D eigenvalue weighted by Crippen LogP contribution is -1.99. The molecule has 0 amide bonds. The van der Waals surface area contributed by atoms with Gasteiger partial charge in [0.2, 0.25) is 0 Å². The zero-order valence-corrected chi connectivity index (χ0v) is 9.76. The highest BCUT2D eigenvalue weighted by atomic mass is 32.1. The van der Waals surface area contributed by atoms with Crippen molar-refractivity contribution in [3.8, 4) is 0 Å². The standard InChI is InChI=1S/C13H16OS/c1-10(14)5-4-6-11-9-15-13-8-3-2-7-12(11)13/h2-3,7-10,14H,4-6H2,1H3. The third-order valence-electron chi connectivity index (χ3n) is 2.63. The van der Waals surface area contributed by atoms with Crippen LogP contribution in [0.15, 0.2) is 29.6 Å². The Morgan fingerprint density at radius 2 is 2.13 bits per heavy atom. The Labute approximate surface area is 94.4 Å². The largest absolute Gasteiger partial charge is 0.393 e. The number of aryl methyl sites for hydroxylation is 1. The zero-order valence-electron chi connectivity index (χ0n) is 8.94. The van der Waals surface area contributed by atoms with Crippen LogP contribution in [0, 0.1) is 0 Å². The number of thiophene rings is 1. The van der Waals surface area contributed by atoms with Crippen molar-refractivity contribution in [1.82, 2.24) is 0 Å². The lowest BCUT2D eigenvalue weighted by atomic mass is 10.1. The second-order valence-corrected chi connectivity index (χ2v) is 4.91. The van der Waals surface area contributed by atoms with Crippen LogP contribution in [0.2, 0.25) is 0 Å². The van der Waals surface area contributed by atoms with Crippen LogP contribution in [0.1, 0.15) is 25.3 Å². The average Bonchev–Trinajstić information content (AvgIpc) is 2.62. The Kier molecular flexibility index (Phi) is 3.39. The van der Waals surface area contributed by atoms with E-state index in [2.05, 4.69) is 29.6 Å². The monoisotopic (exact) mass is 220 g/mol. The minimum absolute atomic E-state index is 0.171. The summed E-state index contributed by atoms with van der Waals surface area (Å²) >= 11 is 1.81. The molecule has 80 valence electrons. The molecule has 0 bridgehead atoms. The van der Waals surface area contributed by atoms with Crippen molar-refractivity contribution in [2.45, 2.75) is 32.3 Å². The first-order chi connectivity index (χ1) is 7.27. The van der Waals surface area contributed by atoms with E-state index >= 15 is 0 Å². The lowest BCUT2D eigenvalue weighted by molar-refractivity contribution is 0.182. The molecule has 0 saturated carbocycles. The summed E-state index contributed by atoms with van der Waals surface area (Å²) in [6, 6.07) is 8.52. The van der Waals surface area contributed by atoms with Crippen LogP contribution in [0.4, 0.5) is 0 Å². The van der Waals surface area contributed by atoms with Gasteiger partial charge in [-0.1, -0.05) is 18.2 Å². The summed E-state index contributed by atoms with van der Waals surface area (Å²) in [5, 5.41) is 12.8. The molecule has 1 nitrogen and oxygen atoms in total. The van der Waals surface area contributed by atoms with Gasteiger partial charge >= 0.3 is 0 Å². The predicted molar refractivity (Wildman–Crippen MR) is 66.4 cm³/mol. The summed E-state index contributed by atoms with van der Waals surface area (Å²) in [6.07, 6.45) is 2.87. The maximum absolute atomic E-state index is 9.20. The summed E-state index contributed by atoms with van der Waals surface area (Å²) < 4.78 is 1.37.